The number of ether oxygens (including phenoxy) is 1. The topological polar surface area (TPSA) is 67.0 Å². The third-order valence-corrected chi connectivity index (χ3v) is 3.75. The molecule has 1 aliphatic carbocycles. The van der Waals surface area contributed by atoms with Crippen molar-refractivity contribution >= 4 is 11.6 Å². The number of hydrogen-bond acceptors (Lipinski definition) is 3. The van der Waals surface area contributed by atoms with Gasteiger partial charge in [-0.3, -0.25) is 9.89 Å². The Morgan fingerprint density at radius 1 is 1.33 bits per heavy atom. The van der Waals surface area contributed by atoms with Crippen molar-refractivity contribution < 1.29 is 9.53 Å². The Labute approximate surface area is 107 Å². The summed E-state index contributed by atoms with van der Waals surface area (Å²) in [6, 6.07) is 0. The molecule has 18 heavy (non-hydrogen) atoms. The molecule has 100 valence electrons. The summed E-state index contributed by atoms with van der Waals surface area (Å²) < 4.78 is 5.32. The first-order valence-corrected chi connectivity index (χ1v) is 6.47. The molecule has 0 radical (unpaired) electrons. The van der Waals surface area contributed by atoms with Crippen LogP contribution in [0.5, 0.6) is 0 Å². The smallest absolute Gasteiger partial charge is 0.227 e. The van der Waals surface area contributed by atoms with E-state index in [0.717, 1.165) is 42.8 Å². The van der Waals surface area contributed by atoms with Gasteiger partial charge in [-0.2, -0.15) is 5.10 Å². The molecule has 2 rings (SSSR count). The SMILES string of the molecule is COC1CCC(C(=O)Nc2c(C)n[nH]c2C)CC1. The molecule has 1 amide bonds. The predicted octanol–water partition coefficient (Wildman–Crippen LogP) is 2.17. The third-order valence-electron chi connectivity index (χ3n) is 3.75. The lowest BCUT2D eigenvalue weighted by Crippen LogP contribution is -2.29. The lowest BCUT2D eigenvalue weighted by molar-refractivity contribution is -0.121. The van der Waals surface area contributed by atoms with Crippen molar-refractivity contribution in [3.05, 3.63) is 11.4 Å². The maximum Gasteiger partial charge on any atom is 0.227 e. The van der Waals surface area contributed by atoms with E-state index in [-0.39, 0.29) is 11.8 Å². The Morgan fingerprint density at radius 2 is 2.00 bits per heavy atom. The van der Waals surface area contributed by atoms with Crippen LogP contribution >= 0.6 is 0 Å². The van der Waals surface area contributed by atoms with E-state index in [2.05, 4.69) is 15.5 Å². The second kappa shape index (κ2) is 5.52. The Bertz CT molecular complexity index is 400. The third kappa shape index (κ3) is 2.72. The van der Waals surface area contributed by atoms with Crippen molar-refractivity contribution in [2.75, 3.05) is 12.4 Å². The number of nitrogens with zero attached hydrogens (tertiary/aromatic N) is 1. The molecule has 2 N–H and O–H groups in total. The van der Waals surface area contributed by atoms with Gasteiger partial charge in [0.1, 0.15) is 0 Å². The zero-order valence-electron chi connectivity index (χ0n) is 11.2. The summed E-state index contributed by atoms with van der Waals surface area (Å²) in [7, 11) is 1.74. The molecule has 5 heteroatoms. The van der Waals surface area contributed by atoms with E-state index in [4.69, 9.17) is 4.74 Å². The highest BCUT2D eigenvalue weighted by Crippen LogP contribution is 2.27. The molecule has 0 aliphatic heterocycles. The Hall–Kier alpha value is -1.36. The summed E-state index contributed by atoms with van der Waals surface area (Å²) in [5.41, 5.74) is 2.58. The molecule has 1 aliphatic rings. The number of rotatable bonds is 3. The first kappa shape index (κ1) is 13.1. The number of carbonyl (C=O) groups excluding carboxylic acids is 1. The highest BCUT2D eigenvalue weighted by molar-refractivity contribution is 5.93. The second-order valence-electron chi connectivity index (χ2n) is 5.01. The van der Waals surface area contributed by atoms with Gasteiger partial charge in [-0.15, -0.1) is 0 Å². The number of aromatic amines is 1. The maximum absolute atomic E-state index is 12.2. The first-order valence-electron chi connectivity index (χ1n) is 6.47. The van der Waals surface area contributed by atoms with Gasteiger partial charge in [0.05, 0.1) is 23.2 Å². The highest BCUT2D eigenvalue weighted by atomic mass is 16.5. The van der Waals surface area contributed by atoms with Crippen LogP contribution in [0.1, 0.15) is 37.1 Å². The number of carbonyl (C=O) groups is 1. The van der Waals surface area contributed by atoms with Crippen molar-refractivity contribution in [3.63, 3.8) is 0 Å². The van der Waals surface area contributed by atoms with Crippen LogP contribution in [0.2, 0.25) is 0 Å². The van der Waals surface area contributed by atoms with Crippen molar-refractivity contribution in [2.24, 2.45) is 5.92 Å². The number of aromatic nitrogens is 2. The second-order valence-corrected chi connectivity index (χ2v) is 5.01. The van der Waals surface area contributed by atoms with Gasteiger partial charge in [0.15, 0.2) is 0 Å². The van der Waals surface area contributed by atoms with Crippen LogP contribution in [-0.2, 0) is 9.53 Å². The van der Waals surface area contributed by atoms with Gasteiger partial charge in [0.25, 0.3) is 0 Å². The van der Waals surface area contributed by atoms with Crippen LogP contribution in [0, 0.1) is 19.8 Å². The first-order chi connectivity index (χ1) is 8.61. The van der Waals surface area contributed by atoms with Gasteiger partial charge >= 0.3 is 0 Å². The number of methoxy groups -OCH3 is 1. The van der Waals surface area contributed by atoms with E-state index < -0.39 is 0 Å². The van der Waals surface area contributed by atoms with E-state index in [1.54, 1.807) is 7.11 Å². The molecule has 1 aromatic rings. The summed E-state index contributed by atoms with van der Waals surface area (Å²) >= 11 is 0. The average molecular weight is 251 g/mol. The number of nitrogens with one attached hydrogen (secondary N) is 2. The molecule has 0 bridgehead atoms. The van der Waals surface area contributed by atoms with Crippen molar-refractivity contribution in [1.29, 1.82) is 0 Å². The van der Waals surface area contributed by atoms with E-state index in [1.165, 1.54) is 0 Å². The van der Waals surface area contributed by atoms with Gasteiger partial charge in [0, 0.05) is 13.0 Å². The molecular weight excluding hydrogens is 230 g/mol. The lowest BCUT2D eigenvalue weighted by Gasteiger charge is -2.26. The molecule has 0 saturated heterocycles. The van der Waals surface area contributed by atoms with Crippen molar-refractivity contribution in [2.45, 2.75) is 45.6 Å². The van der Waals surface area contributed by atoms with E-state index >= 15 is 0 Å². The van der Waals surface area contributed by atoms with E-state index in [9.17, 15) is 4.79 Å². The minimum absolute atomic E-state index is 0.102. The quantitative estimate of drug-likeness (QED) is 0.865. The van der Waals surface area contributed by atoms with Gasteiger partial charge in [-0.25, -0.2) is 0 Å². The van der Waals surface area contributed by atoms with Crippen LogP contribution in [0.15, 0.2) is 0 Å². The largest absolute Gasteiger partial charge is 0.381 e. The van der Waals surface area contributed by atoms with Crippen LogP contribution < -0.4 is 5.32 Å². The summed E-state index contributed by atoms with van der Waals surface area (Å²) in [4.78, 5) is 12.2. The number of hydrogen-bond donors (Lipinski definition) is 2. The Morgan fingerprint density at radius 3 is 2.50 bits per heavy atom. The van der Waals surface area contributed by atoms with Crippen molar-refractivity contribution in [3.8, 4) is 0 Å². The summed E-state index contributed by atoms with van der Waals surface area (Å²) in [5.74, 6) is 0.210. The highest BCUT2D eigenvalue weighted by Gasteiger charge is 2.26. The van der Waals surface area contributed by atoms with Gasteiger partial charge in [-0.05, 0) is 39.5 Å². The van der Waals surface area contributed by atoms with Crippen LogP contribution in [0.3, 0.4) is 0 Å². The maximum atomic E-state index is 12.2. The molecular formula is C13H21N3O2. The van der Waals surface area contributed by atoms with E-state index in [1.807, 2.05) is 13.8 Å². The van der Waals surface area contributed by atoms with Gasteiger partial charge < -0.3 is 10.1 Å². The Kier molecular flexibility index (Phi) is 4.01. The van der Waals surface area contributed by atoms with Crippen molar-refractivity contribution in [1.82, 2.24) is 10.2 Å². The fourth-order valence-corrected chi connectivity index (χ4v) is 2.52. The van der Waals surface area contributed by atoms with E-state index in [0.29, 0.717) is 6.10 Å². The summed E-state index contributed by atoms with van der Waals surface area (Å²) in [6.45, 7) is 3.80. The summed E-state index contributed by atoms with van der Waals surface area (Å²) in [5, 5.41) is 9.94. The molecule has 0 spiro atoms. The average Bonchev–Trinajstić information content (AvgIpc) is 2.70. The lowest BCUT2D eigenvalue weighted by atomic mass is 9.86. The Balaban J connectivity index is 1.93. The van der Waals surface area contributed by atoms with Crippen LogP contribution in [-0.4, -0.2) is 29.3 Å². The van der Waals surface area contributed by atoms with Crippen LogP contribution in [0.25, 0.3) is 0 Å². The molecule has 1 fully saturated rings. The summed E-state index contributed by atoms with van der Waals surface area (Å²) in [6.07, 6.45) is 4.07. The fraction of sp³-hybridized carbons (Fsp3) is 0.692. The minimum Gasteiger partial charge on any atom is -0.381 e. The standard InChI is InChI=1S/C13H21N3O2/c1-8-12(9(2)16-15-8)14-13(17)10-4-6-11(18-3)7-5-10/h10-11H,4-7H2,1-3H3,(H,14,17)(H,15,16). The number of anilines is 1. The van der Waals surface area contributed by atoms with Gasteiger partial charge in [-0.1, -0.05) is 0 Å². The minimum atomic E-state index is 0.102. The molecule has 0 unspecified atom stereocenters. The molecule has 1 saturated carbocycles. The molecule has 1 aromatic heterocycles. The predicted molar refractivity (Wildman–Crippen MR) is 69.4 cm³/mol. The number of aryl methyl sites for hydroxylation is 2. The normalized spacial score (nSPS) is 23.9. The zero-order valence-corrected chi connectivity index (χ0v) is 11.2. The molecule has 0 atom stereocenters. The molecule has 1 heterocycles. The van der Waals surface area contributed by atoms with Crippen LogP contribution in [0.4, 0.5) is 5.69 Å². The number of amides is 1. The molecule has 5 nitrogen and oxygen atoms in total. The molecule has 0 aromatic carbocycles. The monoisotopic (exact) mass is 251 g/mol. The number of H-pyrrole nitrogens is 1. The zero-order chi connectivity index (χ0) is 13.1. The van der Waals surface area contributed by atoms with Gasteiger partial charge in [0.2, 0.25) is 5.91 Å². The fourth-order valence-electron chi connectivity index (χ4n) is 2.52.